The van der Waals surface area contributed by atoms with E-state index in [-0.39, 0.29) is 6.61 Å². The third-order valence-corrected chi connectivity index (χ3v) is 1.69. The average molecular weight is 196 g/mol. The lowest BCUT2D eigenvalue weighted by atomic mass is 10.3. The van der Waals surface area contributed by atoms with E-state index in [9.17, 15) is 0 Å². The Labute approximate surface area is 83.9 Å². The summed E-state index contributed by atoms with van der Waals surface area (Å²) in [4.78, 5) is 4.17. The molecule has 4 heteroatoms. The van der Waals surface area contributed by atoms with E-state index >= 15 is 0 Å². The van der Waals surface area contributed by atoms with Gasteiger partial charge in [0.1, 0.15) is 0 Å². The van der Waals surface area contributed by atoms with Crippen LogP contribution in [-0.2, 0) is 11.3 Å². The van der Waals surface area contributed by atoms with E-state index in [0.29, 0.717) is 13.2 Å². The molecule has 0 unspecified atom stereocenters. The fourth-order valence-electron chi connectivity index (χ4n) is 1.03. The zero-order valence-electron chi connectivity index (χ0n) is 8.15. The molecule has 0 aliphatic carbocycles. The molecule has 2 N–H and O–H groups in total. The first-order valence-electron chi connectivity index (χ1n) is 4.72. The summed E-state index contributed by atoms with van der Waals surface area (Å²) in [6.45, 7) is 2.64. The zero-order chi connectivity index (χ0) is 10.1. The molecule has 1 heterocycles. The predicted octanol–water partition coefficient (Wildman–Crippen LogP) is 0.180. The fourth-order valence-corrected chi connectivity index (χ4v) is 1.03. The summed E-state index contributed by atoms with van der Waals surface area (Å²) in [5, 5.41) is 11.6. The first kappa shape index (κ1) is 11.1. The van der Waals surface area contributed by atoms with E-state index in [2.05, 4.69) is 10.3 Å². The van der Waals surface area contributed by atoms with Crippen LogP contribution in [0.25, 0.3) is 0 Å². The minimum Gasteiger partial charge on any atom is -0.394 e. The largest absolute Gasteiger partial charge is 0.394 e. The number of aliphatic hydroxyl groups is 1. The molecule has 14 heavy (non-hydrogen) atoms. The van der Waals surface area contributed by atoms with E-state index in [1.807, 2.05) is 18.2 Å². The van der Waals surface area contributed by atoms with Gasteiger partial charge in [0.25, 0.3) is 0 Å². The number of aromatic nitrogens is 1. The quantitative estimate of drug-likeness (QED) is 0.611. The molecule has 0 saturated carbocycles. The van der Waals surface area contributed by atoms with Gasteiger partial charge >= 0.3 is 0 Å². The minimum absolute atomic E-state index is 0.0836. The van der Waals surface area contributed by atoms with Gasteiger partial charge in [-0.3, -0.25) is 4.98 Å². The Kier molecular flexibility index (Phi) is 5.90. The number of aliphatic hydroxyl groups excluding tert-OH is 1. The lowest BCUT2D eigenvalue weighted by Gasteiger charge is -2.04. The number of ether oxygens (including phenoxy) is 1. The molecule has 0 bridgehead atoms. The van der Waals surface area contributed by atoms with Gasteiger partial charge in [-0.2, -0.15) is 0 Å². The standard InChI is InChI=1S/C10H16N2O2/c13-6-8-14-7-5-11-9-10-3-1-2-4-12-10/h1-4,11,13H,5-9H2. The second-order valence-corrected chi connectivity index (χ2v) is 2.83. The summed E-state index contributed by atoms with van der Waals surface area (Å²) < 4.78 is 5.09. The SMILES string of the molecule is OCCOCCNCc1ccccn1. The third kappa shape index (κ3) is 4.91. The van der Waals surface area contributed by atoms with Crippen molar-refractivity contribution >= 4 is 0 Å². The molecule has 1 rings (SSSR count). The van der Waals surface area contributed by atoms with Crippen molar-refractivity contribution in [1.82, 2.24) is 10.3 Å². The van der Waals surface area contributed by atoms with E-state index in [1.54, 1.807) is 6.20 Å². The van der Waals surface area contributed by atoms with Crippen LogP contribution < -0.4 is 5.32 Å². The first-order valence-corrected chi connectivity index (χ1v) is 4.72. The van der Waals surface area contributed by atoms with Crippen LogP contribution in [0.1, 0.15) is 5.69 Å². The first-order chi connectivity index (χ1) is 6.93. The number of hydrogen-bond donors (Lipinski definition) is 2. The molecule has 0 fully saturated rings. The molecule has 0 spiro atoms. The van der Waals surface area contributed by atoms with Crippen LogP contribution in [0.5, 0.6) is 0 Å². The maximum Gasteiger partial charge on any atom is 0.0698 e. The monoisotopic (exact) mass is 196 g/mol. The Morgan fingerprint density at radius 1 is 1.36 bits per heavy atom. The van der Waals surface area contributed by atoms with E-state index < -0.39 is 0 Å². The van der Waals surface area contributed by atoms with Crippen molar-refractivity contribution in [1.29, 1.82) is 0 Å². The van der Waals surface area contributed by atoms with Crippen molar-refractivity contribution in [2.24, 2.45) is 0 Å². The van der Waals surface area contributed by atoms with Crippen LogP contribution in [0.4, 0.5) is 0 Å². The molecule has 0 amide bonds. The van der Waals surface area contributed by atoms with Crippen molar-refractivity contribution in [3.63, 3.8) is 0 Å². The van der Waals surface area contributed by atoms with Crippen LogP contribution in [0, 0.1) is 0 Å². The summed E-state index contributed by atoms with van der Waals surface area (Å²) in [7, 11) is 0. The molecule has 78 valence electrons. The van der Waals surface area contributed by atoms with Gasteiger partial charge < -0.3 is 15.2 Å². The molecule has 1 aromatic heterocycles. The predicted molar refractivity (Wildman–Crippen MR) is 53.8 cm³/mol. The molecule has 0 atom stereocenters. The summed E-state index contributed by atoms with van der Waals surface area (Å²) in [6, 6.07) is 5.84. The summed E-state index contributed by atoms with van der Waals surface area (Å²) in [5.74, 6) is 0. The van der Waals surface area contributed by atoms with Crippen molar-refractivity contribution in [3.05, 3.63) is 30.1 Å². The van der Waals surface area contributed by atoms with Crippen LogP contribution in [0.15, 0.2) is 24.4 Å². The molecule has 0 aliphatic heterocycles. The number of rotatable bonds is 7. The zero-order valence-corrected chi connectivity index (χ0v) is 8.15. The van der Waals surface area contributed by atoms with E-state index in [4.69, 9.17) is 9.84 Å². The molecule has 0 aromatic carbocycles. The number of nitrogens with zero attached hydrogens (tertiary/aromatic N) is 1. The van der Waals surface area contributed by atoms with Crippen molar-refractivity contribution in [3.8, 4) is 0 Å². The van der Waals surface area contributed by atoms with Crippen LogP contribution in [0.2, 0.25) is 0 Å². The molecule has 0 radical (unpaired) electrons. The number of nitrogens with one attached hydrogen (secondary N) is 1. The van der Waals surface area contributed by atoms with Gasteiger partial charge in [-0.15, -0.1) is 0 Å². The highest BCUT2D eigenvalue weighted by atomic mass is 16.5. The Morgan fingerprint density at radius 3 is 3.00 bits per heavy atom. The Hall–Kier alpha value is -0.970. The fraction of sp³-hybridized carbons (Fsp3) is 0.500. The molecule has 4 nitrogen and oxygen atoms in total. The third-order valence-electron chi connectivity index (χ3n) is 1.69. The van der Waals surface area contributed by atoms with Gasteiger partial charge in [0.2, 0.25) is 0 Å². The molecule has 0 saturated heterocycles. The van der Waals surface area contributed by atoms with Crippen molar-refractivity contribution in [2.75, 3.05) is 26.4 Å². The maximum atomic E-state index is 8.45. The van der Waals surface area contributed by atoms with Gasteiger partial charge in [-0.25, -0.2) is 0 Å². The second kappa shape index (κ2) is 7.44. The van der Waals surface area contributed by atoms with Crippen LogP contribution in [0.3, 0.4) is 0 Å². The van der Waals surface area contributed by atoms with Gasteiger partial charge in [0.15, 0.2) is 0 Å². The molecular formula is C10H16N2O2. The Balaban J connectivity index is 1.99. The van der Waals surface area contributed by atoms with Gasteiger partial charge in [-0.1, -0.05) is 6.07 Å². The van der Waals surface area contributed by atoms with Gasteiger partial charge in [0.05, 0.1) is 25.5 Å². The van der Waals surface area contributed by atoms with Crippen molar-refractivity contribution < 1.29 is 9.84 Å². The van der Waals surface area contributed by atoms with E-state index in [0.717, 1.165) is 18.8 Å². The summed E-state index contributed by atoms with van der Waals surface area (Å²) in [6.07, 6.45) is 1.78. The topological polar surface area (TPSA) is 54.4 Å². The van der Waals surface area contributed by atoms with Crippen LogP contribution >= 0.6 is 0 Å². The Bertz CT molecular complexity index is 229. The summed E-state index contributed by atoms with van der Waals surface area (Å²) in [5.41, 5.74) is 1.02. The highest BCUT2D eigenvalue weighted by Gasteiger charge is 1.91. The lowest BCUT2D eigenvalue weighted by Crippen LogP contribution is -2.20. The lowest BCUT2D eigenvalue weighted by molar-refractivity contribution is 0.0937. The van der Waals surface area contributed by atoms with Gasteiger partial charge in [0, 0.05) is 19.3 Å². The number of hydrogen-bond acceptors (Lipinski definition) is 4. The highest BCUT2D eigenvalue weighted by Crippen LogP contribution is 1.91. The van der Waals surface area contributed by atoms with Crippen molar-refractivity contribution in [2.45, 2.75) is 6.54 Å². The smallest absolute Gasteiger partial charge is 0.0698 e. The van der Waals surface area contributed by atoms with E-state index in [1.165, 1.54) is 0 Å². The normalized spacial score (nSPS) is 10.4. The molecular weight excluding hydrogens is 180 g/mol. The summed E-state index contributed by atoms with van der Waals surface area (Å²) >= 11 is 0. The second-order valence-electron chi connectivity index (χ2n) is 2.83. The Morgan fingerprint density at radius 2 is 2.29 bits per heavy atom. The average Bonchev–Trinajstić information content (AvgIpc) is 2.25. The molecule has 1 aromatic rings. The number of pyridine rings is 1. The van der Waals surface area contributed by atoms with Gasteiger partial charge in [-0.05, 0) is 12.1 Å². The maximum absolute atomic E-state index is 8.45. The van der Waals surface area contributed by atoms with Crippen LogP contribution in [-0.4, -0.2) is 36.5 Å². The highest BCUT2D eigenvalue weighted by molar-refractivity contribution is 5.02. The molecule has 0 aliphatic rings. The minimum atomic E-state index is 0.0836.